The minimum Gasteiger partial charge on any atom is -0.469 e. The lowest BCUT2D eigenvalue weighted by atomic mass is 10.1. The highest BCUT2D eigenvalue weighted by Crippen LogP contribution is 2.11. The van der Waals surface area contributed by atoms with E-state index in [2.05, 4.69) is 4.74 Å². The highest BCUT2D eigenvalue weighted by molar-refractivity contribution is 5.94. The van der Waals surface area contributed by atoms with Gasteiger partial charge >= 0.3 is 5.97 Å². The van der Waals surface area contributed by atoms with Gasteiger partial charge in [0.05, 0.1) is 7.11 Å². The van der Waals surface area contributed by atoms with Crippen molar-refractivity contribution in [3.8, 4) is 5.69 Å². The Morgan fingerprint density at radius 3 is 2.36 bits per heavy atom. The zero-order valence-electron chi connectivity index (χ0n) is 12.9. The molecule has 0 radical (unpaired) electrons. The Hall–Kier alpha value is -2.56. The number of rotatable bonds is 6. The van der Waals surface area contributed by atoms with Crippen molar-refractivity contribution < 1.29 is 14.3 Å². The molecule has 0 N–H and O–H groups in total. The number of amides is 1. The molecule has 1 amide bonds. The third-order valence-electron chi connectivity index (χ3n) is 3.47. The van der Waals surface area contributed by atoms with Gasteiger partial charge in [0.25, 0.3) is 5.91 Å². The van der Waals surface area contributed by atoms with Gasteiger partial charge in [-0.2, -0.15) is 0 Å². The molecule has 22 heavy (non-hydrogen) atoms. The van der Waals surface area contributed by atoms with Crippen LogP contribution in [0.4, 0.5) is 0 Å². The minimum atomic E-state index is -0.253. The van der Waals surface area contributed by atoms with Crippen LogP contribution in [0.2, 0.25) is 0 Å². The molecule has 1 aromatic heterocycles. The van der Waals surface area contributed by atoms with E-state index in [1.54, 1.807) is 11.9 Å². The van der Waals surface area contributed by atoms with Gasteiger partial charge in [-0.1, -0.05) is 0 Å². The van der Waals surface area contributed by atoms with E-state index in [0.29, 0.717) is 24.9 Å². The van der Waals surface area contributed by atoms with Crippen LogP contribution in [0, 0.1) is 0 Å². The van der Waals surface area contributed by atoms with Crippen molar-refractivity contribution in [3.05, 3.63) is 54.4 Å². The first-order valence-corrected chi connectivity index (χ1v) is 7.17. The van der Waals surface area contributed by atoms with E-state index >= 15 is 0 Å². The van der Waals surface area contributed by atoms with E-state index in [0.717, 1.165) is 5.69 Å². The molecule has 5 nitrogen and oxygen atoms in total. The van der Waals surface area contributed by atoms with Gasteiger partial charge < -0.3 is 14.2 Å². The number of nitrogens with zero attached hydrogens (tertiary/aromatic N) is 2. The number of carbonyl (C=O) groups is 2. The zero-order chi connectivity index (χ0) is 15.9. The van der Waals surface area contributed by atoms with Crippen molar-refractivity contribution >= 4 is 11.9 Å². The first-order valence-electron chi connectivity index (χ1n) is 7.17. The average Bonchev–Trinajstić information content (AvgIpc) is 3.08. The third-order valence-corrected chi connectivity index (χ3v) is 3.47. The van der Waals surface area contributed by atoms with E-state index in [1.807, 2.05) is 53.4 Å². The summed E-state index contributed by atoms with van der Waals surface area (Å²) in [6.07, 6.45) is 4.82. The molecule has 0 unspecified atom stereocenters. The molecule has 1 heterocycles. The van der Waals surface area contributed by atoms with Gasteiger partial charge in [0.1, 0.15) is 0 Å². The van der Waals surface area contributed by atoms with Crippen LogP contribution in [0.25, 0.3) is 5.69 Å². The molecular weight excluding hydrogens is 280 g/mol. The van der Waals surface area contributed by atoms with E-state index in [1.165, 1.54) is 7.11 Å². The second-order valence-corrected chi connectivity index (χ2v) is 5.04. The topological polar surface area (TPSA) is 51.5 Å². The minimum absolute atomic E-state index is 0.0519. The molecule has 0 saturated carbocycles. The van der Waals surface area contributed by atoms with Crippen molar-refractivity contribution in [2.75, 3.05) is 20.7 Å². The van der Waals surface area contributed by atoms with E-state index in [-0.39, 0.29) is 11.9 Å². The predicted octanol–water partition coefficient (Wildman–Crippen LogP) is 2.50. The van der Waals surface area contributed by atoms with Crippen LogP contribution < -0.4 is 0 Å². The van der Waals surface area contributed by atoms with E-state index < -0.39 is 0 Å². The molecule has 116 valence electrons. The van der Waals surface area contributed by atoms with Crippen LogP contribution in [0.15, 0.2) is 48.8 Å². The van der Waals surface area contributed by atoms with Gasteiger partial charge in [-0.3, -0.25) is 9.59 Å². The summed E-state index contributed by atoms with van der Waals surface area (Å²) in [5.74, 6) is -0.305. The standard InChI is InChI=1S/C17H20N2O3/c1-18(11-5-6-16(20)22-2)17(21)14-7-9-15(10-8-14)19-12-3-4-13-19/h3-4,7-10,12-13H,5-6,11H2,1-2H3. The number of hydrogen-bond donors (Lipinski definition) is 0. The normalized spacial score (nSPS) is 10.3. The lowest BCUT2D eigenvalue weighted by Crippen LogP contribution is -2.28. The first kappa shape index (κ1) is 15.8. The van der Waals surface area contributed by atoms with Crippen LogP contribution in [-0.2, 0) is 9.53 Å². The highest BCUT2D eigenvalue weighted by Gasteiger charge is 2.12. The number of methoxy groups -OCH3 is 1. The summed E-state index contributed by atoms with van der Waals surface area (Å²) in [4.78, 5) is 25.0. The van der Waals surface area contributed by atoms with Crippen molar-refractivity contribution in [1.82, 2.24) is 9.47 Å². The fourth-order valence-electron chi connectivity index (χ4n) is 2.17. The predicted molar refractivity (Wildman–Crippen MR) is 84.0 cm³/mol. The Bertz CT molecular complexity index is 618. The average molecular weight is 300 g/mol. The van der Waals surface area contributed by atoms with Crippen LogP contribution in [0.1, 0.15) is 23.2 Å². The number of aromatic nitrogens is 1. The molecule has 0 spiro atoms. The summed E-state index contributed by atoms with van der Waals surface area (Å²) < 4.78 is 6.56. The molecule has 0 bridgehead atoms. The van der Waals surface area contributed by atoms with E-state index in [9.17, 15) is 9.59 Å². The van der Waals surface area contributed by atoms with Crippen LogP contribution in [-0.4, -0.2) is 42.0 Å². The molecule has 5 heteroatoms. The molecule has 2 aromatic rings. The van der Waals surface area contributed by atoms with E-state index in [4.69, 9.17) is 0 Å². The maximum Gasteiger partial charge on any atom is 0.305 e. The fourth-order valence-corrected chi connectivity index (χ4v) is 2.17. The van der Waals surface area contributed by atoms with Gasteiger partial charge in [-0.25, -0.2) is 0 Å². The molecule has 0 aliphatic rings. The summed E-state index contributed by atoms with van der Waals surface area (Å²) in [5.41, 5.74) is 1.64. The quantitative estimate of drug-likeness (QED) is 0.770. The Kier molecular flexibility index (Phi) is 5.36. The summed E-state index contributed by atoms with van der Waals surface area (Å²) in [7, 11) is 3.10. The zero-order valence-corrected chi connectivity index (χ0v) is 12.9. The fraction of sp³-hybridized carbons (Fsp3) is 0.294. The Morgan fingerprint density at radius 2 is 1.77 bits per heavy atom. The summed E-state index contributed by atoms with van der Waals surface area (Å²) in [5, 5.41) is 0. The first-order chi connectivity index (χ1) is 10.6. The lowest BCUT2D eigenvalue weighted by molar-refractivity contribution is -0.140. The summed E-state index contributed by atoms with van der Waals surface area (Å²) in [6, 6.07) is 11.4. The molecule has 0 saturated heterocycles. The maximum atomic E-state index is 12.3. The van der Waals surface area contributed by atoms with Crippen molar-refractivity contribution in [2.45, 2.75) is 12.8 Å². The number of hydrogen-bond acceptors (Lipinski definition) is 3. The van der Waals surface area contributed by atoms with Gasteiger partial charge in [0.2, 0.25) is 0 Å². The monoisotopic (exact) mass is 300 g/mol. The van der Waals surface area contributed by atoms with Crippen molar-refractivity contribution in [2.24, 2.45) is 0 Å². The Labute approximate surface area is 130 Å². The Morgan fingerprint density at radius 1 is 1.14 bits per heavy atom. The molecule has 1 aromatic carbocycles. The molecule has 0 atom stereocenters. The summed E-state index contributed by atoms with van der Waals surface area (Å²) >= 11 is 0. The number of carbonyl (C=O) groups excluding carboxylic acids is 2. The smallest absolute Gasteiger partial charge is 0.305 e. The van der Waals surface area contributed by atoms with Crippen LogP contribution in [0.3, 0.4) is 0 Å². The Balaban J connectivity index is 1.93. The molecule has 0 aliphatic heterocycles. The van der Waals surface area contributed by atoms with Crippen LogP contribution >= 0.6 is 0 Å². The van der Waals surface area contributed by atoms with Crippen molar-refractivity contribution in [1.29, 1.82) is 0 Å². The summed E-state index contributed by atoms with van der Waals surface area (Å²) in [6.45, 7) is 0.521. The number of ether oxygens (including phenoxy) is 1. The van der Waals surface area contributed by atoms with Gasteiger partial charge in [0, 0.05) is 43.7 Å². The lowest BCUT2D eigenvalue weighted by Gasteiger charge is -2.17. The van der Waals surface area contributed by atoms with Crippen molar-refractivity contribution in [3.63, 3.8) is 0 Å². The molecular formula is C17H20N2O3. The highest BCUT2D eigenvalue weighted by atomic mass is 16.5. The van der Waals surface area contributed by atoms with Crippen LogP contribution in [0.5, 0.6) is 0 Å². The number of esters is 1. The molecule has 0 aliphatic carbocycles. The third kappa shape index (κ3) is 3.97. The second-order valence-electron chi connectivity index (χ2n) is 5.04. The van der Waals surface area contributed by atoms with Gasteiger partial charge in [-0.05, 0) is 42.8 Å². The van der Waals surface area contributed by atoms with Gasteiger partial charge in [-0.15, -0.1) is 0 Å². The molecule has 0 fully saturated rings. The SMILES string of the molecule is COC(=O)CCCN(C)C(=O)c1ccc(-n2cccc2)cc1. The maximum absolute atomic E-state index is 12.3. The molecule has 2 rings (SSSR count). The van der Waals surface area contributed by atoms with Gasteiger partial charge in [0.15, 0.2) is 0 Å². The largest absolute Gasteiger partial charge is 0.469 e. The number of benzene rings is 1. The second kappa shape index (κ2) is 7.45.